The predicted octanol–water partition coefficient (Wildman–Crippen LogP) is 1.23. The first-order valence-corrected chi connectivity index (χ1v) is 4.59. The van der Waals surface area contributed by atoms with E-state index >= 15 is 0 Å². The van der Waals surface area contributed by atoms with Crippen LogP contribution in [0.1, 0.15) is 12.5 Å². The molecule has 0 bridgehead atoms. The average molecular weight is 221 g/mol. The smallest absolute Gasteiger partial charge is 0.361 e. The van der Waals surface area contributed by atoms with Crippen LogP contribution in [0.15, 0.2) is 35.5 Å². The molecule has 0 atom stereocenters. The Balaban J connectivity index is 2.59. The van der Waals surface area contributed by atoms with Crippen LogP contribution >= 0.6 is 0 Å². The van der Waals surface area contributed by atoms with Gasteiger partial charge in [0.1, 0.15) is 6.61 Å². The van der Waals surface area contributed by atoms with Crippen molar-refractivity contribution in [1.29, 1.82) is 0 Å². The molecule has 0 aliphatic carbocycles. The van der Waals surface area contributed by atoms with Crippen LogP contribution in [0, 0.1) is 0 Å². The first kappa shape index (κ1) is 11.9. The van der Waals surface area contributed by atoms with E-state index in [0.29, 0.717) is 0 Å². The van der Waals surface area contributed by atoms with Gasteiger partial charge >= 0.3 is 5.97 Å². The minimum Gasteiger partial charge on any atom is -0.476 e. The van der Waals surface area contributed by atoms with Crippen LogP contribution in [0.25, 0.3) is 0 Å². The minimum absolute atomic E-state index is 0.130. The fourth-order valence-corrected chi connectivity index (χ4v) is 1.000. The van der Waals surface area contributed by atoms with Gasteiger partial charge in [-0.3, -0.25) is 4.79 Å². The molecule has 0 fully saturated rings. The first-order chi connectivity index (χ1) is 7.61. The summed E-state index contributed by atoms with van der Waals surface area (Å²) in [5.74, 6) is -2.03. The molecule has 0 heterocycles. The molecule has 0 aliphatic heterocycles. The van der Waals surface area contributed by atoms with Gasteiger partial charge in [0.05, 0.1) is 0 Å². The van der Waals surface area contributed by atoms with Crippen molar-refractivity contribution in [2.24, 2.45) is 5.16 Å². The molecule has 84 valence electrons. The highest BCUT2D eigenvalue weighted by atomic mass is 16.6. The Kier molecular flexibility index (Phi) is 4.20. The molecule has 0 saturated carbocycles. The molecule has 0 radical (unpaired) electrons. The molecule has 0 saturated heterocycles. The van der Waals surface area contributed by atoms with Crippen molar-refractivity contribution in [1.82, 2.24) is 0 Å². The third-order valence-electron chi connectivity index (χ3n) is 1.77. The summed E-state index contributed by atoms with van der Waals surface area (Å²) < 4.78 is 0. The molecule has 1 aromatic rings. The summed E-state index contributed by atoms with van der Waals surface area (Å²) >= 11 is 0. The Hall–Kier alpha value is -2.17. The number of hydrogen-bond acceptors (Lipinski definition) is 4. The minimum atomic E-state index is -1.39. The van der Waals surface area contributed by atoms with E-state index in [1.807, 2.05) is 30.3 Å². The van der Waals surface area contributed by atoms with Gasteiger partial charge < -0.3 is 9.94 Å². The molecule has 5 nitrogen and oxygen atoms in total. The van der Waals surface area contributed by atoms with Crippen LogP contribution in [0.5, 0.6) is 0 Å². The van der Waals surface area contributed by atoms with Crippen molar-refractivity contribution in [3.8, 4) is 0 Å². The van der Waals surface area contributed by atoms with Gasteiger partial charge in [-0.15, -0.1) is 0 Å². The number of ketones is 1. The topological polar surface area (TPSA) is 76.0 Å². The second kappa shape index (κ2) is 5.65. The van der Waals surface area contributed by atoms with Crippen LogP contribution in [-0.2, 0) is 21.0 Å². The summed E-state index contributed by atoms with van der Waals surface area (Å²) in [5, 5.41) is 11.9. The number of Topliss-reactive ketones (excluding diaryl/α,β-unsaturated/α-hetero) is 1. The number of aliphatic carboxylic acids is 1. The van der Waals surface area contributed by atoms with Gasteiger partial charge in [0.25, 0.3) is 0 Å². The Bertz CT molecular complexity index is 395. The second-order valence-corrected chi connectivity index (χ2v) is 3.06. The number of carboxylic acids is 1. The molecule has 1 N–H and O–H groups in total. The van der Waals surface area contributed by atoms with Crippen molar-refractivity contribution in [2.75, 3.05) is 0 Å². The van der Waals surface area contributed by atoms with Gasteiger partial charge in [-0.25, -0.2) is 4.79 Å². The number of hydrogen-bond donors (Lipinski definition) is 1. The third-order valence-corrected chi connectivity index (χ3v) is 1.77. The standard InChI is InChI=1S/C11H11NO4/c1-8(13)10(11(14)15)12-16-7-9-5-3-2-4-6-9/h2-6H,7H2,1H3,(H,14,15)/b12-10-. The van der Waals surface area contributed by atoms with Crippen molar-refractivity contribution < 1.29 is 19.5 Å². The number of oxime groups is 1. The van der Waals surface area contributed by atoms with Crippen molar-refractivity contribution in [2.45, 2.75) is 13.5 Å². The molecular weight excluding hydrogens is 210 g/mol. The van der Waals surface area contributed by atoms with E-state index in [9.17, 15) is 9.59 Å². The summed E-state index contributed by atoms with van der Waals surface area (Å²) in [6.07, 6.45) is 0. The first-order valence-electron chi connectivity index (χ1n) is 4.59. The Morgan fingerprint density at radius 2 is 1.94 bits per heavy atom. The Morgan fingerprint density at radius 1 is 1.31 bits per heavy atom. The van der Waals surface area contributed by atoms with Crippen LogP contribution in [0.3, 0.4) is 0 Å². The zero-order valence-corrected chi connectivity index (χ0v) is 8.71. The lowest BCUT2D eigenvalue weighted by Gasteiger charge is -2.00. The maximum Gasteiger partial charge on any atom is 0.361 e. The quantitative estimate of drug-likeness (QED) is 0.461. The predicted molar refractivity (Wildman–Crippen MR) is 57.0 cm³/mol. The maximum absolute atomic E-state index is 10.8. The molecule has 0 unspecified atom stereocenters. The SMILES string of the molecule is CC(=O)/C(=N/OCc1ccccc1)C(=O)O. The number of carbonyl (C=O) groups excluding carboxylic acids is 1. The van der Waals surface area contributed by atoms with Crippen LogP contribution in [-0.4, -0.2) is 22.6 Å². The number of rotatable bonds is 5. The highest BCUT2D eigenvalue weighted by molar-refractivity contribution is 6.63. The molecule has 1 rings (SSSR count). The van der Waals surface area contributed by atoms with Gasteiger partial charge in [0, 0.05) is 6.92 Å². The molecule has 5 heteroatoms. The van der Waals surface area contributed by atoms with Crippen LogP contribution in [0.2, 0.25) is 0 Å². The van der Waals surface area contributed by atoms with Gasteiger partial charge in [-0.05, 0) is 5.56 Å². The van der Waals surface area contributed by atoms with Gasteiger partial charge in [0.2, 0.25) is 5.71 Å². The van der Waals surface area contributed by atoms with Crippen LogP contribution in [0.4, 0.5) is 0 Å². The van der Waals surface area contributed by atoms with Crippen LogP contribution < -0.4 is 0 Å². The summed E-state index contributed by atoms with van der Waals surface area (Å²) in [4.78, 5) is 26.2. The maximum atomic E-state index is 10.8. The third kappa shape index (κ3) is 3.53. The number of carbonyl (C=O) groups is 2. The average Bonchev–Trinajstić information content (AvgIpc) is 2.24. The van der Waals surface area contributed by atoms with Gasteiger partial charge in [-0.2, -0.15) is 0 Å². The largest absolute Gasteiger partial charge is 0.476 e. The number of nitrogens with zero attached hydrogens (tertiary/aromatic N) is 1. The highest BCUT2D eigenvalue weighted by Gasteiger charge is 2.15. The molecule has 16 heavy (non-hydrogen) atoms. The molecule has 0 spiro atoms. The lowest BCUT2D eigenvalue weighted by Crippen LogP contribution is -2.21. The van der Waals surface area contributed by atoms with Gasteiger partial charge in [0.15, 0.2) is 5.78 Å². The zero-order valence-electron chi connectivity index (χ0n) is 8.71. The molecular formula is C11H11NO4. The van der Waals surface area contributed by atoms with Crippen molar-refractivity contribution in [3.05, 3.63) is 35.9 Å². The number of carboxylic acid groups (broad SMARTS) is 1. The number of benzene rings is 1. The zero-order chi connectivity index (χ0) is 12.0. The Morgan fingerprint density at radius 3 is 2.44 bits per heavy atom. The van der Waals surface area contributed by atoms with E-state index in [1.165, 1.54) is 0 Å². The highest BCUT2D eigenvalue weighted by Crippen LogP contribution is 2.00. The summed E-state index contributed by atoms with van der Waals surface area (Å²) in [7, 11) is 0. The second-order valence-electron chi connectivity index (χ2n) is 3.06. The van der Waals surface area contributed by atoms with E-state index < -0.39 is 17.5 Å². The lowest BCUT2D eigenvalue weighted by molar-refractivity contribution is -0.130. The Labute approximate surface area is 92.3 Å². The van der Waals surface area contributed by atoms with E-state index in [-0.39, 0.29) is 6.61 Å². The fourth-order valence-electron chi connectivity index (χ4n) is 1.000. The van der Waals surface area contributed by atoms with Gasteiger partial charge in [-0.1, -0.05) is 35.5 Å². The van der Waals surface area contributed by atoms with E-state index in [1.54, 1.807) is 0 Å². The molecule has 1 aromatic carbocycles. The van der Waals surface area contributed by atoms with E-state index in [0.717, 1.165) is 12.5 Å². The summed E-state index contributed by atoms with van der Waals surface area (Å²) in [6, 6.07) is 9.12. The fraction of sp³-hybridized carbons (Fsp3) is 0.182. The summed E-state index contributed by atoms with van der Waals surface area (Å²) in [5.41, 5.74) is 0.246. The van der Waals surface area contributed by atoms with E-state index in [2.05, 4.69) is 5.16 Å². The lowest BCUT2D eigenvalue weighted by atomic mass is 10.2. The normalized spacial score (nSPS) is 10.9. The molecule has 0 aliphatic rings. The summed E-state index contributed by atoms with van der Waals surface area (Å²) in [6.45, 7) is 1.25. The monoisotopic (exact) mass is 221 g/mol. The van der Waals surface area contributed by atoms with E-state index in [4.69, 9.17) is 9.94 Å². The molecule has 0 amide bonds. The molecule has 0 aromatic heterocycles. The van der Waals surface area contributed by atoms with Crippen molar-refractivity contribution in [3.63, 3.8) is 0 Å². The van der Waals surface area contributed by atoms with Crippen molar-refractivity contribution >= 4 is 17.5 Å².